The van der Waals surface area contributed by atoms with Crippen molar-refractivity contribution in [1.29, 1.82) is 0 Å². The standard InChI is InChI=1S/C31H34F3N5O3/c32-31(33,34)23-9-6-22(7-10-23)29-25-20-37(30(41)42)19-14-27(25)38(35-29)16-3-15-36-17-12-24(13-18-36)39-26-5-2-1-4-21(26)8-11-28(39)40/h1-2,4-7,9-10,24H,3,8,11-20H2,(H,41,42). The molecule has 222 valence electrons. The first kappa shape index (κ1) is 28.3. The van der Waals surface area contributed by atoms with Crippen LogP contribution in [0.15, 0.2) is 48.5 Å². The van der Waals surface area contributed by atoms with Gasteiger partial charge in [0.05, 0.1) is 17.8 Å². The van der Waals surface area contributed by atoms with Crippen LogP contribution in [0, 0.1) is 0 Å². The maximum Gasteiger partial charge on any atom is 0.416 e. The lowest BCUT2D eigenvalue weighted by Gasteiger charge is -2.41. The molecular weight excluding hydrogens is 547 g/mol. The fraction of sp³-hybridized carbons (Fsp3) is 0.452. The molecule has 3 aromatic rings. The number of anilines is 1. The molecule has 1 aromatic heterocycles. The third-order valence-electron chi connectivity index (χ3n) is 8.78. The van der Waals surface area contributed by atoms with E-state index in [0.29, 0.717) is 37.2 Å². The first-order valence-electron chi connectivity index (χ1n) is 14.6. The van der Waals surface area contributed by atoms with Gasteiger partial charge in [-0.1, -0.05) is 30.3 Å². The fourth-order valence-corrected chi connectivity index (χ4v) is 6.59. The second-order valence-electron chi connectivity index (χ2n) is 11.3. The highest BCUT2D eigenvalue weighted by Crippen LogP contribution is 2.35. The van der Waals surface area contributed by atoms with Crippen molar-refractivity contribution in [3.63, 3.8) is 0 Å². The Morgan fingerprint density at radius 1 is 0.952 bits per heavy atom. The summed E-state index contributed by atoms with van der Waals surface area (Å²) in [6.45, 7) is 3.81. The van der Waals surface area contributed by atoms with Gasteiger partial charge in [-0.15, -0.1) is 0 Å². The fourth-order valence-electron chi connectivity index (χ4n) is 6.59. The van der Waals surface area contributed by atoms with Crippen LogP contribution in [-0.2, 0) is 36.9 Å². The summed E-state index contributed by atoms with van der Waals surface area (Å²) < 4.78 is 41.3. The van der Waals surface area contributed by atoms with E-state index in [4.69, 9.17) is 5.10 Å². The summed E-state index contributed by atoms with van der Waals surface area (Å²) in [6.07, 6.45) is -0.920. The average Bonchev–Trinajstić information content (AvgIpc) is 3.35. The molecule has 3 aliphatic rings. The smallest absolute Gasteiger partial charge is 0.416 e. The van der Waals surface area contributed by atoms with E-state index in [9.17, 15) is 27.9 Å². The predicted octanol–water partition coefficient (Wildman–Crippen LogP) is 5.44. The number of rotatable bonds is 6. The Kier molecular flexibility index (Phi) is 7.69. The molecular formula is C31H34F3N5O3. The van der Waals surface area contributed by atoms with E-state index in [2.05, 4.69) is 17.0 Å². The van der Waals surface area contributed by atoms with Crippen molar-refractivity contribution in [2.45, 2.75) is 63.8 Å². The van der Waals surface area contributed by atoms with Crippen LogP contribution >= 0.6 is 0 Å². The number of nitrogens with zero attached hydrogens (tertiary/aromatic N) is 5. The van der Waals surface area contributed by atoms with Crippen LogP contribution in [0.4, 0.5) is 23.7 Å². The van der Waals surface area contributed by atoms with Crippen LogP contribution in [0.3, 0.4) is 0 Å². The van der Waals surface area contributed by atoms with Crippen LogP contribution in [-0.4, -0.2) is 68.9 Å². The molecule has 11 heteroatoms. The molecule has 1 N–H and O–H groups in total. The summed E-state index contributed by atoms with van der Waals surface area (Å²) in [7, 11) is 0. The van der Waals surface area contributed by atoms with Crippen molar-refractivity contribution in [1.82, 2.24) is 19.6 Å². The van der Waals surface area contributed by atoms with E-state index in [-0.39, 0.29) is 18.5 Å². The molecule has 3 aliphatic heterocycles. The predicted molar refractivity (Wildman–Crippen MR) is 151 cm³/mol. The van der Waals surface area contributed by atoms with Crippen molar-refractivity contribution in [2.75, 3.05) is 31.1 Å². The van der Waals surface area contributed by atoms with Gasteiger partial charge in [-0.05, 0) is 56.0 Å². The molecule has 42 heavy (non-hydrogen) atoms. The number of likely N-dealkylation sites (tertiary alicyclic amines) is 1. The highest BCUT2D eigenvalue weighted by molar-refractivity contribution is 5.97. The number of para-hydroxylation sites is 1. The van der Waals surface area contributed by atoms with Crippen LogP contribution < -0.4 is 4.90 Å². The number of hydrogen-bond acceptors (Lipinski definition) is 4. The highest BCUT2D eigenvalue weighted by Gasteiger charge is 2.33. The van der Waals surface area contributed by atoms with E-state index in [1.807, 2.05) is 21.7 Å². The van der Waals surface area contributed by atoms with Gasteiger partial charge in [0, 0.05) is 67.6 Å². The molecule has 0 aliphatic carbocycles. The van der Waals surface area contributed by atoms with Gasteiger partial charge >= 0.3 is 12.3 Å². The van der Waals surface area contributed by atoms with Crippen LogP contribution in [0.25, 0.3) is 11.3 Å². The van der Waals surface area contributed by atoms with Gasteiger partial charge in [0.1, 0.15) is 0 Å². The summed E-state index contributed by atoms with van der Waals surface area (Å²) >= 11 is 0. The molecule has 0 saturated carbocycles. The first-order chi connectivity index (χ1) is 20.2. The Morgan fingerprint density at radius 3 is 2.40 bits per heavy atom. The number of carboxylic acid groups (broad SMARTS) is 1. The lowest BCUT2D eigenvalue weighted by atomic mass is 9.95. The quantitative estimate of drug-likeness (QED) is 0.420. The van der Waals surface area contributed by atoms with E-state index >= 15 is 0 Å². The molecule has 0 radical (unpaired) electrons. The van der Waals surface area contributed by atoms with Crippen LogP contribution in [0.5, 0.6) is 0 Å². The van der Waals surface area contributed by atoms with Gasteiger partial charge in [-0.3, -0.25) is 9.48 Å². The molecule has 0 atom stereocenters. The third kappa shape index (κ3) is 5.62. The monoisotopic (exact) mass is 581 g/mol. The van der Waals surface area contributed by atoms with Gasteiger partial charge in [0.15, 0.2) is 0 Å². The minimum Gasteiger partial charge on any atom is -0.465 e. The number of aromatic nitrogens is 2. The van der Waals surface area contributed by atoms with Crippen molar-refractivity contribution >= 4 is 17.7 Å². The zero-order valence-corrected chi connectivity index (χ0v) is 23.3. The number of carbonyl (C=O) groups is 2. The summed E-state index contributed by atoms with van der Waals surface area (Å²) in [6, 6.07) is 13.3. The summed E-state index contributed by atoms with van der Waals surface area (Å²) in [5.74, 6) is 0.209. The maximum atomic E-state index is 13.1. The number of aryl methyl sites for hydroxylation is 2. The zero-order chi connectivity index (χ0) is 29.4. The van der Waals surface area contributed by atoms with Crippen molar-refractivity contribution in [3.05, 3.63) is 70.9 Å². The van der Waals surface area contributed by atoms with Crippen molar-refractivity contribution in [2.24, 2.45) is 0 Å². The number of alkyl halides is 3. The second kappa shape index (κ2) is 11.4. The van der Waals surface area contributed by atoms with E-state index in [1.54, 1.807) is 0 Å². The Labute approximate surface area is 242 Å². The van der Waals surface area contributed by atoms with Crippen LogP contribution in [0.1, 0.15) is 48.1 Å². The Morgan fingerprint density at radius 2 is 1.69 bits per heavy atom. The van der Waals surface area contributed by atoms with E-state index in [1.165, 1.54) is 22.6 Å². The molecule has 2 aromatic carbocycles. The van der Waals surface area contributed by atoms with Crippen molar-refractivity contribution in [3.8, 4) is 11.3 Å². The lowest BCUT2D eigenvalue weighted by molar-refractivity contribution is -0.137. The minimum atomic E-state index is -4.43. The first-order valence-corrected chi connectivity index (χ1v) is 14.6. The van der Waals surface area contributed by atoms with Gasteiger partial charge < -0.3 is 19.8 Å². The van der Waals surface area contributed by atoms with Gasteiger partial charge in [-0.2, -0.15) is 18.3 Å². The largest absolute Gasteiger partial charge is 0.465 e. The van der Waals surface area contributed by atoms with Gasteiger partial charge in [0.2, 0.25) is 5.91 Å². The number of hydrogen-bond donors (Lipinski definition) is 1. The highest BCUT2D eigenvalue weighted by atomic mass is 19.4. The molecule has 0 unspecified atom stereocenters. The molecule has 1 saturated heterocycles. The Hall–Kier alpha value is -3.86. The summed E-state index contributed by atoms with van der Waals surface area (Å²) in [5.41, 5.74) is 4.35. The number of piperidine rings is 1. The topological polar surface area (TPSA) is 81.9 Å². The number of benzene rings is 2. The van der Waals surface area contributed by atoms with Crippen LogP contribution in [0.2, 0.25) is 0 Å². The summed E-state index contributed by atoms with van der Waals surface area (Å²) in [4.78, 5) is 30.2. The summed E-state index contributed by atoms with van der Waals surface area (Å²) in [5, 5.41) is 14.3. The number of amides is 2. The maximum absolute atomic E-state index is 13.1. The molecule has 0 spiro atoms. The Balaban J connectivity index is 1.11. The molecule has 6 rings (SSSR count). The molecule has 4 heterocycles. The van der Waals surface area contributed by atoms with Gasteiger partial charge in [-0.25, -0.2) is 4.79 Å². The molecule has 0 bridgehead atoms. The number of halogens is 3. The SMILES string of the molecule is O=C(O)N1CCc2c(c(-c3ccc(C(F)(F)F)cc3)nn2CCCN2CCC(N3C(=O)CCc4ccccc43)CC2)C1. The normalized spacial score (nSPS) is 18.2. The van der Waals surface area contributed by atoms with E-state index < -0.39 is 17.8 Å². The molecule has 2 amide bonds. The van der Waals surface area contributed by atoms with Gasteiger partial charge in [0.25, 0.3) is 0 Å². The number of carbonyl (C=O) groups excluding carboxylic acids is 1. The zero-order valence-electron chi connectivity index (χ0n) is 23.3. The Bertz CT molecular complexity index is 1460. The molecule has 8 nitrogen and oxygen atoms in total. The molecule has 1 fully saturated rings. The number of fused-ring (bicyclic) bond motifs is 2. The average molecular weight is 582 g/mol. The second-order valence-corrected chi connectivity index (χ2v) is 11.3. The van der Waals surface area contributed by atoms with Crippen molar-refractivity contribution < 1.29 is 27.9 Å². The third-order valence-corrected chi connectivity index (χ3v) is 8.78. The lowest BCUT2D eigenvalue weighted by Crippen LogP contribution is -2.49. The minimum absolute atomic E-state index is 0.160. The van der Waals surface area contributed by atoms with E-state index in [0.717, 1.165) is 74.4 Å².